The molecule has 1 aliphatic carbocycles. The average Bonchev–Trinajstić information content (AvgIpc) is 3.23. The first-order valence-corrected chi connectivity index (χ1v) is 11.0. The predicted octanol–water partition coefficient (Wildman–Crippen LogP) is 7.24. The van der Waals surface area contributed by atoms with E-state index in [1.54, 1.807) is 0 Å². The third-order valence-electron chi connectivity index (χ3n) is 6.40. The van der Waals surface area contributed by atoms with E-state index in [1.165, 1.54) is 38.9 Å². The van der Waals surface area contributed by atoms with Crippen molar-refractivity contribution in [3.63, 3.8) is 0 Å². The van der Waals surface area contributed by atoms with Crippen molar-refractivity contribution in [3.05, 3.63) is 121 Å². The minimum Gasteiger partial charge on any atom is -0.485 e. The maximum absolute atomic E-state index is 6.18. The molecule has 0 radical (unpaired) electrons. The smallest absolute Gasteiger partial charge is 0.128 e. The van der Waals surface area contributed by atoms with Gasteiger partial charge in [-0.05, 0) is 57.7 Å². The van der Waals surface area contributed by atoms with Crippen LogP contribution in [0.4, 0.5) is 5.69 Å². The van der Waals surface area contributed by atoms with E-state index in [4.69, 9.17) is 10.5 Å². The molecule has 2 atom stereocenters. The molecule has 2 unspecified atom stereocenters. The molecule has 4 aromatic carbocycles. The number of ether oxygens (including phenoxy) is 1. The van der Waals surface area contributed by atoms with Crippen LogP contribution >= 0.6 is 0 Å². The quantitative estimate of drug-likeness (QED) is 0.359. The Balaban J connectivity index is 1.24. The van der Waals surface area contributed by atoms with Gasteiger partial charge in [0.05, 0.1) is 0 Å². The number of nitrogens with two attached hydrogens (primary N) is 1. The molecule has 0 saturated heterocycles. The Morgan fingerprint density at radius 1 is 0.531 bits per heavy atom. The van der Waals surface area contributed by atoms with Gasteiger partial charge in [0.15, 0.2) is 0 Å². The highest BCUT2D eigenvalue weighted by Gasteiger charge is 2.31. The lowest BCUT2D eigenvalue weighted by Crippen LogP contribution is -2.15. The number of rotatable bonds is 3. The number of nitrogen functional groups attached to an aromatic ring is 1. The molecule has 0 spiro atoms. The topological polar surface area (TPSA) is 35.2 Å². The molecule has 2 nitrogen and oxygen atoms in total. The van der Waals surface area contributed by atoms with Gasteiger partial charge in [-0.3, -0.25) is 0 Å². The molecule has 0 fully saturated rings. The van der Waals surface area contributed by atoms with Crippen molar-refractivity contribution in [2.45, 2.75) is 12.0 Å². The number of hydrogen-bond donors (Lipinski definition) is 1. The van der Waals surface area contributed by atoms with Crippen LogP contribution in [0.3, 0.4) is 0 Å². The number of benzene rings is 4. The summed E-state index contributed by atoms with van der Waals surface area (Å²) in [5.74, 6) is 1.33. The summed E-state index contributed by atoms with van der Waals surface area (Å²) in [5, 5.41) is 0. The van der Waals surface area contributed by atoms with Gasteiger partial charge in [-0.2, -0.15) is 0 Å². The molecule has 4 aromatic rings. The van der Waals surface area contributed by atoms with Gasteiger partial charge in [-0.15, -0.1) is 0 Å². The molecule has 1 aliphatic heterocycles. The fraction of sp³-hybridized carbons (Fsp3) is 0.0667. The molecule has 2 heteroatoms. The largest absolute Gasteiger partial charge is 0.485 e. The average molecular weight is 414 g/mol. The first kappa shape index (κ1) is 18.7. The molecular weight excluding hydrogens is 390 g/mol. The van der Waals surface area contributed by atoms with Crippen LogP contribution in [0, 0.1) is 0 Å². The Morgan fingerprint density at radius 3 is 1.59 bits per heavy atom. The van der Waals surface area contributed by atoms with Crippen molar-refractivity contribution in [2.24, 2.45) is 0 Å². The normalized spacial score (nSPS) is 18.1. The Hall–Kier alpha value is -4.04. The van der Waals surface area contributed by atoms with Gasteiger partial charge in [0, 0.05) is 17.2 Å². The molecule has 0 bridgehead atoms. The van der Waals surface area contributed by atoms with Gasteiger partial charge in [0.25, 0.3) is 0 Å². The highest BCUT2D eigenvalue weighted by atomic mass is 16.5. The maximum Gasteiger partial charge on any atom is 0.128 e. The maximum atomic E-state index is 6.18. The van der Waals surface area contributed by atoms with Crippen LogP contribution in [0.2, 0.25) is 0 Å². The van der Waals surface area contributed by atoms with Gasteiger partial charge in [0.2, 0.25) is 0 Å². The lowest BCUT2D eigenvalue weighted by atomic mass is 9.91. The fourth-order valence-corrected chi connectivity index (χ4v) is 4.60. The van der Waals surface area contributed by atoms with E-state index in [2.05, 4.69) is 103 Å². The summed E-state index contributed by atoms with van der Waals surface area (Å²) >= 11 is 0. The van der Waals surface area contributed by atoms with Crippen LogP contribution in [0.1, 0.15) is 11.5 Å². The molecule has 0 amide bonds. The van der Waals surface area contributed by atoms with E-state index >= 15 is 0 Å². The minimum absolute atomic E-state index is 0.129. The summed E-state index contributed by atoms with van der Waals surface area (Å²) in [7, 11) is 0. The summed E-state index contributed by atoms with van der Waals surface area (Å²) < 4.78 is 6.18. The summed E-state index contributed by atoms with van der Waals surface area (Å²) in [5.41, 5.74) is 15.0. The molecule has 6 rings (SSSR count). The Kier molecular flexibility index (Phi) is 4.43. The Bertz CT molecular complexity index is 1330. The lowest BCUT2D eigenvalue weighted by molar-refractivity contribution is 0.269. The van der Waals surface area contributed by atoms with Crippen LogP contribution < -0.4 is 10.5 Å². The van der Waals surface area contributed by atoms with Crippen molar-refractivity contribution < 1.29 is 4.74 Å². The van der Waals surface area contributed by atoms with Crippen molar-refractivity contribution in [1.29, 1.82) is 0 Å². The first-order chi connectivity index (χ1) is 15.7. The number of hydrogen-bond acceptors (Lipinski definition) is 2. The van der Waals surface area contributed by atoms with Crippen LogP contribution in [0.15, 0.2) is 115 Å². The van der Waals surface area contributed by atoms with Gasteiger partial charge < -0.3 is 10.5 Å². The number of fused-ring (bicyclic) bond motifs is 3. The fourth-order valence-electron chi connectivity index (χ4n) is 4.60. The van der Waals surface area contributed by atoms with Crippen molar-refractivity contribution in [1.82, 2.24) is 0 Å². The molecule has 0 aromatic heterocycles. The number of allylic oxidation sites excluding steroid dienone is 2. The third-order valence-corrected chi connectivity index (χ3v) is 6.40. The highest BCUT2D eigenvalue weighted by molar-refractivity contribution is 5.74. The van der Waals surface area contributed by atoms with Crippen LogP contribution in [-0.2, 0) is 0 Å². The zero-order valence-corrected chi connectivity index (χ0v) is 17.6. The van der Waals surface area contributed by atoms with Gasteiger partial charge in [-0.1, -0.05) is 91.0 Å². The molecule has 1 heterocycles. The van der Waals surface area contributed by atoms with E-state index in [1.807, 2.05) is 12.1 Å². The van der Waals surface area contributed by atoms with Gasteiger partial charge in [0.1, 0.15) is 11.9 Å². The second kappa shape index (κ2) is 7.58. The standard InChI is InChI=1S/C30H23NO/c31-26-16-13-23(14-17-26)22-7-5-20(6-8-22)21-9-11-24(12-10-21)25-15-18-28-27-3-1-2-4-29(27)32-30(28)19-25/h1-19,27,29H,31H2. The Morgan fingerprint density at radius 2 is 1.00 bits per heavy atom. The number of anilines is 1. The molecule has 154 valence electrons. The van der Waals surface area contributed by atoms with E-state index < -0.39 is 0 Å². The van der Waals surface area contributed by atoms with Gasteiger partial charge in [-0.25, -0.2) is 0 Å². The van der Waals surface area contributed by atoms with E-state index in [0.717, 1.165) is 11.4 Å². The van der Waals surface area contributed by atoms with Crippen molar-refractivity contribution in [3.8, 4) is 39.1 Å². The SMILES string of the molecule is Nc1ccc(-c2ccc(-c3ccc(-c4ccc5c(c4)OC4C=CC=CC54)cc3)cc2)cc1. The summed E-state index contributed by atoms with van der Waals surface area (Å²) in [6.45, 7) is 0. The third kappa shape index (κ3) is 3.30. The van der Waals surface area contributed by atoms with Crippen molar-refractivity contribution >= 4 is 5.69 Å². The zero-order valence-electron chi connectivity index (χ0n) is 17.6. The van der Waals surface area contributed by atoms with Crippen LogP contribution in [0.25, 0.3) is 33.4 Å². The van der Waals surface area contributed by atoms with Crippen molar-refractivity contribution in [2.75, 3.05) is 5.73 Å². The highest BCUT2D eigenvalue weighted by Crippen LogP contribution is 2.43. The van der Waals surface area contributed by atoms with Crippen LogP contribution in [-0.4, -0.2) is 6.10 Å². The minimum atomic E-state index is 0.129. The summed E-state index contributed by atoms with van der Waals surface area (Å²) in [4.78, 5) is 0. The molecule has 2 aliphatic rings. The molecule has 2 N–H and O–H groups in total. The van der Waals surface area contributed by atoms with Crippen LogP contribution in [0.5, 0.6) is 5.75 Å². The summed E-state index contributed by atoms with van der Waals surface area (Å²) in [6.07, 6.45) is 8.66. The molecule has 32 heavy (non-hydrogen) atoms. The zero-order chi connectivity index (χ0) is 21.5. The molecular formula is C30H23NO. The van der Waals surface area contributed by atoms with E-state index in [9.17, 15) is 0 Å². The monoisotopic (exact) mass is 413 g/mol. The second-order valence-corrected chi connectivity index (χ2v) is 8.41. The Labute approximate surface area is 188 Å². The lowest BCUT2D eigenvalue weighted by Gasteiger charge is -2.13. The second-order valence-electron chi connectivity index (χ2n) is 8.41. The molecule has 0 saturated carbocycles. The van der Waals surface area contributed by atoms with E-state index in [-0.39, 0.29) is 6.10 Å². The van der Waals surface area contributed by atoms with E-state index in [0.29, 0.717) is 5.92 Å². The summed E-state index contributed by atoms with van der Waals surface area (Å²) in [6, 6.07) is 32.0. The predicted molar refractivity (Wildman–Crippen MR) is 133 cm³/mol. The first-order valence-electron chi connectivity index (χ1n) is 11.0. The van der Waals surface area contributed by atoms with Gasteiger partial charge >= 0.3 is 0 Å².